The van der Waals surface area contributed by atoms with E-state index < -0.39 is 15.4 Å². The van der Waals surface area contributed by atoms with E-state index in [4.69, 9.17) is 4.74 Å². The molecule has 1 aliphatic heterocycles. The first-order valence-corrected chi connectivity index (χ1v) is 7.57. The van der Waals surface area contributed by atoms with Crippen LogP contribution < -0.4 is 0 Å². The van der Waals surface area contributed by atoms with Gasteiger partial charge in [0.05, 0.1) is 22.9 Å². The van der Waals surface area contributed by atoms with Crippen LogP contribution in [0.5, 0.6) is 0 Å². The fraction of sp³-hybridized carbons (Fsp3) is 0.538. The number of hydrogen-bond donors (Lipinski definition) is 0. The van der Waals surface area contributed by atoms with Crippen molar-refractivity contribution in [1.29, 1.82) is 0 Å². The van der Waals surface area contributed by atoms with E-state index in [0.29, 0.717) is 17.4 Å². The number of rotatable bonds is 4. The molecule has 0 saturated carbocycles. The number of sulfone groups is 1. The maximum atomic E-state index is 12.3. The van der Waals surface area contributed by atoms with Gasteiger partial charge in [-0.05, 0) is 18.6 Å². The molecule has 1 heterocycles. The van der Waals surface area contributed by atoms with Crippen LogP contribution in [0.2, 0.25) is 0 Å². The minimum Gasteiger partial charge on any atom is -0.373 e. The van der Waals surface area contributed by atoms with Gasteiger partial charge in [0, 0.05) is 5.92 Å². The lowest BCUT2D eigenvalue weighted by atomic mass is 9.83. The molecule has 2 unspecified atom stereocenters. The Labute approximate surface area is 103 Å². The minimum atomic E-state index is -3.25. The molecule has 3 nitrogen and oxygen atoms in total. The molecule has 0 bridgehead atoms. The zero-order chi connectivity index (χ0) is 12.5. The van der Waals surface area contributed by atoms with Crippen molar-refractivity contribution in [1.82, 2.24) is 0 Å². The third kappa shape index (κ3) is 2.24. The Morgan fingerprint density at radius 2 is 2.00 bits per heavy atom. The maximum Gasteiger partial charge on any atom is 0.181 e. The van der Waals surface area contributed by atoms with Crippen LogP contribution in [0.4, 0.5) is 0 Å². The summed E-state index contributed by atoms with van der Waals surface area (Å²) in [5.74, 6) is 0.396. The second-order valence-electron chi connectivity index (χ2n) is 4.70. The molecule has 4 heteroatoms. The molecule has 1 aliphatic rings. The van der Waals surface area contributed by atoms with Crippen LogP contribution in [0, 0.1) is 5.92 Å². The van der Waals surface area contributed by atoms with Gasteiger partial charge in [0.25, 0.3) is 0 Å². The Balaban J connectivity index is 2.24. The fourth-order valence-electron chi connectivity index (χ4n) is 2.26. The van der Waals surface area contributed by atoms with Crippen molar-refractivity contribution < 1.29 is 13.2 Å². The maximum absolute atomic E-state index is 12.3. The summed E-state index contributed by atoms with van der Waals surface area (Å²) >= 11 is 0. The van der Waals surface area contributed by atoms with E-state index >= 15 is 0 Å². The van der Waals surface area contributed by atoms with Gasteiger partial charge in [0.1, 0.15) is 0 Å². The zero-order valence-electron chi connectivity index (χ0n) is 10.2. The molecular weight excluding hydrogens is 236 g/mol. The van der Waals surface area contributed by atoms with Crippen molar-refractivity contribution in [2.24, 2.45) is 5.92 Å². The highest BCUT2D eigenvalue weighted by atomic mass is 32.2. The molecule has 1 saturated heterocycles. The average molecular weight is 254 g/mol. The first-order chi connectivity index (χ1) is 8.00. The summed E-state index contributed by atoms with van der Waals surface area (Å²) in [4.78, 5) is 0.385. The standard InChI is InChI=1S/C13H18O3S/c1-3-13(11(2)9-16-13)10-17(14,15)12-7-5-4-6-8-12/h4-8,11H,3,9-10H2,1-2H3. The predicted molar refractivity (Wildman–Crippen MR) is 66.6 cm³/mol. The summed E-state index contributed by atoms with van der Waals surface area (Å²) in [6.07, 6.45) is 0.736. The molecule has 0 spiro atoms. The van der Waals surface area contributed by atoms with Gasteiger partial charge in [-0.15, -0.1) is 0 Å². The van der Waals surface area contributed by atoms with Crippen LogP contribution >= 0.6 is 0 Å². The summed E-state index contributed by atoms with van der Waals surface area (Å²) in [7, 11) is -3.25. The number of hydrogen-bond acceptors (Lipinski definition) is 3. The second-order valence-corrected chi connectivity index (χ2v) is 6.69. The zero-order valence-corrected chi connectivity index (χ0v) is 11.0. The number of ether oxygens (including phenoxy) is 1. The highest BCUT2D eigenvalue weighted by molar-refractivity contribution is 7.91. The second kappa shape index (κ2) is 4.42. The van der Waals surface area contributed by atoms with E-state index in [0.717, 1.165) is 6.42 Å². The Bertz CT molecular complexity index is 477. The molecule has 1 aromatic carbocycles. The molecular formula is C13H18O3S. The molecule has 1 aromatic rings. The third-order valence-electron chi connectivity index (χ3n) is 3.65. The SMILES string of the molecule is CCC1(CS(=O)(=O)c2ccccc2)OCC1C. The van der Waals surface area contributed by atoms with Crippen molar-refractivity contribution in [2.45, 2.75) is 30.8 Å². The van der Waals surface area contributed by atoms with Crippen molar-refractivity contribution in [3.05, 3.63) is 30.3 Å². The number of benzene rings is 1. The van der Waals surface area contributed by atoms with Crippen molar-refractivity contribution in [3.8, 4) is 0 Å². The van der Waals surface area contributed by atoms with Gasteiger partial charge in [-0.3, -0.25) is 0 Å². The quantitative estimate of drug-likeness (QED) is 0.828. The van der Waals surface area contributed by atoms with E-state index in [1.165, 1.54) is 0 Å². The van der Waals surface area contributed by atoms with E-state index in [9.17, 15) is 8.42 Å². The van der Waals surface area contributed by atoms with Gasteiger partial charge in [0.15, 0.2) is 9.84 Å². The van der Waals surface area contributed by atoms with Gasteiger partial charge in [-0.1, -0.05) is 32.0 Å². The van der Waals surface area contributed by atoms with E-state index in [1.54, 1.807) is 24.3 Å². The van der Waals surface area contributed by atoms with Crippen LogP contribution in [0.25, 0.3) is 0 Å². The topological polar surface area (TPSA) is 43.4 Å². The van der Waals surface area contributed by atoms with Crippen molar-refractivity contribution >= 4 is 9.84 Å². The van der Waals surface area contributed by atoms with E-state index in [2.05, 4.69) is 0 Å². The third-order valence-corrected chi connectivity index (χ3v) is 5.51. The molecule has 2 atom stereocenters. The van der Waals surface area contributed by atoms with Gasteiger partial charge >= 0.3 is 0 Å². The average Bonchev–Trinajstić information content (AvgIpc) is 2.35. The lowest BCUT2D eigenvalue weighted by Crippen LogP contribution is -2.56. The largest absolute Gasteiger partial charge is 0.373 e. The van der Waals surface area contributed by atoms with Gasteiger partial charge in [-0.25, -0.2) is 8.42 Å². The molecule has 0 aliphatic carbocycles. The Hall–Kier alpha value is -0.870. The van der Waals surface area contributed by atoms with Crippen LogP contribution in [-0.2, 0) is 14.6 Å². The molecule has 0 radical (unpaired) electrons. The lowest BCUT2D eigenvalue weighted by Gasteiger charge is -2.47. The molecule has 0 N–H and O–H groups in total. The van der Waals surface area contributed by atoms with Gasteiger partial charge < -0.3 is 4.74 Å². The van der Waals surface area contributed by atoms with Crippen LogP contribution in [0.15, 0.2) is 35.2 Å². The summed E-state index contributed by atoms with van der Waals surface area (Å²) < 4.78 is 30.1. The summed E-state index contributed by atoms with van der Waals surface area (Å²) in [5.41, 5.74) is -0.478. The smallest absolute Gasteiger partial charge is 0.181 e. The Kier molecular flexibility index (Phi) is 3.27. The fourth-order valence-corrected chi connectivity index (χ4v) is 4.21. The Morgan fingerprint density at radius 3 is 2.41 bits per heavy atom. The van der Waals surface area contributed by atoms with Crippen LogP contribution in [-0.4, -0.2) is 26.4 Å². The molecule has 0 amide bonds. The predicted octanol–water partition coefficient (Wildman–Crippen LogP) is 2.28. The normalized spacial score (nSPS) is 28.7. The molecule has 94 valence electrons. The molecule has 1 fully saturated rings. The Morgan fingerprint density at radius 1 is 1.35 bits per heavy atom. The van der Waals surface area contributed by atoms with Gasteiger partial charge in [0.2, 0.25) is 0 Å². The summed E-state index contributed by atoms with van der Waals surface area (Å²) in [6.45, 7) is 4.70. The first kappa shape index (κ1) is 12.6. The monoisotopic (exact) mass is 254 g/mol. The highest BCUT2D eigenvalue weighted by Gasteiger charge is 2.47. The summed E-state index contributed by atoms with van der Waals surface area (Å²) in [6, 6.07) is 8.59. The molecule has 0 aromatic heterocycles. The van der Waals surface area contributed by atoms with Crippen LogP contribution in [0.1, 0.15) is 20.3 Å². The highest BCUT2D eigenvalue weighted by Crippen LogP contribution is 2.38. The van der Waals surface area contributed by atoms with E-state index in [1.807, 2.05) is 19.9 Å². The van der Waals surface area contributed by atoms with E-state index in [-0.39, 0.29) is 5.75 Å². The first-order valence-electron chi connectivity index (χ1n) is 5.92. The van der Waals surface area contributed by atoms with Crippen molar-refractivity contribution in [2.75, 3.05) is 12.4 Å². The lowest BCUT2D eigenvalue weighted by molar-refractivity contribution is -0.184. The van der Waals surface area contributed by atoms with Crippen molar-refractivity contribution in [3.63, 3.8) is 0 Å². The summed E-state index contributed by atoms with van der Waals surface area (Å²) in [5, 5.41) is 0. The van der Waals surface area contributed by atoms with Gasteiger partial charge in [-0.2, -0.15) is 0 Å². The molecule has 17 heavy (non-hydrogen) atoms. The van der Waals surface area contributed by atoms with Crippen LogP contribution in [0.3, 0.4) is 0 Å². The molecule has 2 rings (SSSR count). The minimum absolute atomic E-state index is 0.0850.